The Morgan fingerprint density at radius 3 is 2.46 bits per heavy atom. The van der Waals surface area contributed by atoms with Crippen LogP contribution in [-0.2, 0) is 19.7 Å². The van der Waals surface area contributed by atoms with Crippen LogP contribution in [0.15, 0.2) is 40.9 Å². The Balaban J connectivity index is 2.08. The molecule has 0 unspecified atom stereocenters. The fraction of sp³-hybridized carbons (Fsp3) is 0.312. The van der Waals surface area contributed by atoms with Crippen molar-refractivity contribution in [3.63, 3.8) is 0 Å². The van der Waals surface area contributed by atoms with E-state index in [0.717, 1.165) is 6.07 Å². The Morgan fingerprint density at radius 1 is 1.27 bits per heavy atom. The maximum atomic E-state index is 12.2. The molecule has 10 heteroatoms. The van der Waals surface area contributed by atoms with Crippen molar-refractivity contribution in [1.82, 2.24) is 9.80 Å². The first kappa shape index (κ1) is 19.4. The first-order valence-corrected chi connectivity index (χ1v) is 9.15. The number of nitriles is 1. The highest BCUT2D eigenvalue weighted by molar-refractivity contribution is 7.85. The Kier molecular flexibility index (Phi) is 5.97. The predicted octanol–water partition coefficient (Wildman–Crippen LogP) is 0.443. The summed E-state index contributed by atoms with van der Waals surface area (Å²) in [6.45, 7) is 3.48. The minimum absolute atomic E-state index is 0.0226. The molecule has 1 fully saturated rings. The summed E-state index contributed by atoms with van der Waals surface area (Å²) in [6, 6.07) is 6.87. The lowest BCUT2D eigenvalue weighted by Crippen LogP contribution is -2.46. The number of hydrogen-bond donors (Lipinski definition) is 2. The van der Waals surface area contributed by atoms with Gasteiger partial charge in [0, 0.05) is 45.0 Å². The van der Waals surface area contributed by atoms with Crippen LogP contribution < -0.4 is 5.32 Å². The van der Waals surface area contributed by atoms with E-state index in [1.807, 2.05) is 6.07 Å². The number of nitrogens with zero attached hydrogens (tertiary/aromatic N) is 3. The lowest BCUT2D eigenvalue weighted by atomic mass is 10.2. The number of benzene rings is 1. The summed E-state index contributed by atoms with van der Waals surface area (Å²) in [7, 11) is -4.39. The van der Waals surface area contributed by atoms with E-state index in [1.165, 1.54) is 31.3 Å². The molecule has 1 aromatic carbocycles. The van der Waals surface area contributed by atoms with E-state index in [2.05, 4.69) is 5.32 Å². The number of nitrogens with one attached hydrogen (secondary N) is 1. The highest BCUT2D eigenvalue weighted by Gasteiger charge is 2.19. The third-order valence-corrected chi connectivity index (χ3v) is 4.68. The molecule has 0 bridgehead atoms. The summed E-state index contributed by atoms with van der Waals surface area (Å²) < 4.78 is 31.3. The molecule has 0 saturated carbocycles. The van der Waals surface area contributed by atoms with E-state index in [0.29, 0.717) is 26.2 Å². The average Bonchev–Trinajstić information content (AvgIpc) is 2.59. The number of carbonyl (C=O) groups excluding carboxylic acids is 2. The van der Waals surface area contributed by atoms with Crippen molar-refractivity contribution in [1.29, 1.82) is 5.26 Å². The van der Waals surface area contributed by atoms with Gasteiger partial charge in [0.05, 0.1) is 4.90 Å². The zero-order chi connectivity index (χ0) is 19.3. The van der Waals surface area contributed by atoms with Crippen LogP contribution in [0.2, 0.25) is 0 Å². The second-order valence-corrected chi connectivity index (χ2v) is 7.08. The SMILES string of the molecule is CC(=O)N1CCN(/C=C(/C#N)C(=O)Nc2cccc(S(=O)(=O)O)c2)CC1. The molecule has 26 heavy (non-hydrogen) atoms. The van der Waals surface area contributed by atoms with Crippen molar-refractivity contribution in [3.8, 4) is 6.07 Å². The van der Waals surface area contributed by atoms with Gasteiger partial charge < -0.3 is 15.1 Å². The molecule has 2 rings (SSSR count). The quantitative estimate of drug-likeness (QED) is 0.442. The third kappa shape index (κ3) is 5.05. The van der Waals surface area contributed by atoms with Crippen LogP contribution in [0, 0.1) is 11.3 Å². The molecule has 1 aliphatic rings. The van der Waals surface area contributed by atoms with Gasteiger partial charge in [0.25, 0.3) is 16.0 Å². The second kappa shape index (κ2) is 7.99. The summed E-state index contributed by atoms with van der Waals surface area (Å²) in [5.74, 6) is -0.723. The minimum atomic E-state index is -4.39. The van der Waals surface area contributed by atoms with E-state index < -0.39 is 16.0 Å². The minimum Gasteiger partial charge on any atom is -0.373 e. The first-order chi connectivity index (χ1) is 12.2. The lowest BCUT2D eigenvalue weighted by molar-refractivity contribution is -0.130. The van der Waals surface area contributed by atoms with Crippen molar-refractivity contribution < 1.29 is 22.6 Å². The number of piperazine rings is 1. The van der Waals surface area contributed by atoms with Gasteiger partial charge in [0.1, 0.15) is 11.6 Å². The molecule has 2 N–H and O–H groups in total. The summed E-state index contributed by atoms with van der Waals surface area (Å²) in [4.78, 5) is 26.6. The summed E-state index contributed by atoms with van der Waals surface area (Å²) >= 11 is 0. The number of amides is 2. The second-order valence-electron chi connectivity index (χ2n) is 5.65. The zero-order valence-corrected chi connectivity index (χ0v) is 14.9. The number of hydrogen-bond acceptors (Lipinski definition) is 6. The Labute approximate surface area is 151 Å². The highest BCUT2D eigenvalue weighted by atomic mass is 32.2. The third-order valence-electron chi connectivity index (χ3n) is 3.83. The molecule has 1 aliphatic heterocycles. The van der Waals surface area contributed by atoms with Crippen LogP contribution in [0.25, 0.3) is 0 Å². The van der Waals surface area contributed by atoms with Crippen molar-refractivity contribution in [2.45, 2.75) is 11.8 Å². The lowest BCUT2D eigenvalue weighted by Gasteiger charge is -2.33. The molecule has 138 valence electrons. The van der Waals surface area contributed by atoms with Gasteiger partial charge in [-0.05, 0) is 18.2 Å². The maximum absolute atomic E-state index is 12.2. The standard InChI is InChI=1S/C16H18N4O5S/c1-12(21)20-7-5-19(6-8-20)11-13(10-17)16(22)18-14-3-2-4-15(9-14)26(23,24)25/h2-4,9,11H,5-8H2,1H3,(H,18,22)(H,23,24,25)/b13-11-. The molecule has 9 nitrogen and oxygen atoms in total. The van der Waals surface area contributed by atoms with Crippen LogP contribution >= 0.6 is 0 Å². The monoisotopic (exact) mass is 378 g/mol. The van der Waals surface area contributed by atoms with Gasteiger partial charge in [-0.15, -0.1) is 0 Å². The van der Waals surface area contributed by atoms with E-state index in [1.54, 1.807) is 9.80 Å². The molecule has 1 saturated heterocycles. The van der Waals surface area contributed by atoms with E-state index in [-0.39, 0.29) is 22.1 Å². The van der Waals surface area contributed by atoms with Crippen LogP contribution in [-0.4, -0.2) is 60.8 Å². The average molecular weight is 378 g/mol. The molecule has 2 amide bonds. The Morgan fingerprint density at radius 2 is 1.92 bits per heavy atom. The Hall–Kier alpha value is -2.90. The number of anilines is 1. The largest absolute Gasteiger partial charge is 0.373 e. The van der Waals surface area contributed by atoms with E-state index in [9.17, 15) is 23.3 Å². The fourth-order valence-corrected chi connectivity index (χ4v) is 2.95. The molecule has 0 radical (unpaired) electrons. The zero-order valence-electron chi connectivity index (χ0n) is 14.0. The van der Waals surface area contributed by atoms with Crippen LogP contribution in [0.1, 0.15) is 6.92 Å². The van der Waals surface area contributed by atoms with Crippen molar-refractivity contribution in [2.75, 3.05) is 31.5 Å². The molecular formula is C16H18N4O5S. The molecule has 0 atom stereocenters. The van der Waals surface area contributed by atoms with Gasteiger partial charge in [0.15, 0.2) is 0 Å². The Bertz CT molecular complexity index is 880. The van der Waals surface area contributed by atoms with Gasteiger partial charge >= 0.3 is 0 Å². The van der Waals surface area contributed by atoms with Gasteiger partial charge in [0.2, 0.25) is 5.91 Å². The summed E-state index contributed by atoms with van der Waals surface area (Å²) in [5.41, 5.74) is -0.0220. The molecule has 1 heterocycles. The van der Waals surface area contributed by atoms with Crippen molar-refractivity contribution in [3.05, 3.63) is 36.0 Å². The smallest absolute Gasteiger partial charge is 0.294 e. The van der Waals surface area contributed by atoms with E-state index in [4.69, 9.17) is 4.55 Å². The molecule has 0 spiro atoms. The molecule has 0 aromatic heterocycles. The fourth-order valence-electron chi connectivity index (χ4n) is 2.42. The van der Waals surface area contributed by atoms with Gasteiger partial charge in [-0.3, -0.25) is 14.1 Å². The van der Waals surface area contributed by atoms with Crippen LogP contribution in [0.3, 0.4) is 0 Å². The summed E-state index contributed by atoms with van der Waals surface area (Å²) in [6.07, 6.45) is 1.42. The first-order valence-electron chi connectivity index (χ1n) is 7.71. The van der Waals surface area contributed by atoms with Crippen molar-refractivity contribution >= 4 is 27.6 Å². The van der Waals surface area contributed by atoms with E-state index >= 15 is 0 Å². The molecule has 1 aromatic rings. The number of rotatable bonds is 4. The maximum Gasteiger partial charge on any atom is 0.294 e. The van der Waals surface area contributed by atoms with Gasteiger partial charge in [-0.1, -0.05) is 6.07 Å². The number of carbonyl (C=O) groups is 2. The van der Waals surface area contributed by atoms with Gasteiger partial charge in [-0.25, -0.2) is 0 Å². The predicted molar refractivity (Wildman–Crippen MR) is 92.4 cm³/mol. The van der Waals surface area contributed by atoms with Crippen LogP contribution in [0.5, 0.6) is 0 Å². The molecular weight excluding hydrogens is 360 g/mol. The van der Waals surface area contributed by atoms with Crippen molar-refractivity contribution in [2.24, 2.45) is 0 Å². The summed E-state index contributed by atoms with van der Waals surface area (Å²) in [5, 5.41) is 11.6. The highest BCUT2D eigenvalue weighted by Crippen LogP contribution is 2.16. The molecule has 0 aliphatic carbocycles. The van der Waals surface area contributed by atoms with Gasteiger partial charge in [-0.2, -0.15) is 13.7 Å². The topological polar surface area (TPSA) is 131 Å². The normalized spacial score (nSPS) is 15.3. The van der Waals surface area contributed by atoms with Crippen LogP contribution in [0.4, 0.5) is 5.69 Å².